The van der Waals surface area contributed by atoms with Crippen LogP contribution in [0, 0.1) is 10.1 Å². The molecule has 19 heavy (non-hydrogen) atoms. The van der Waals surface area contributed by atoms with Crippen molar-refractivity contribution >= 4 is 17.3 Å². The van der Waals surface area contributed by atoms with Gasteiger partial charge in [0.25, 0.3) is 5.69 Å². The average molecular weight is 267 g/mol. The SMILES string of the molecule is COc1ccc(NC(C)(C)CC(N)=O)c([N+](=O)[O-])c1. The fraction of sp³-hybridized carbons (Fsp3) is 0.417. The molecule has 0 saturated heterocycles. The number of carbonyl (C=O) groups is 1. The molecule has 1 aromatic rings. The molecule has 0 bridgehead atoms. The van der Waals surface area contributed by atoms with E-state index in [1.54, 1.807) is 26.0 Å². The lowest BCUT2D eigenvalue weighted by Gasteiger charge is -2.26. The summed E-state index contributed by atoms with van der Waals surface area (Å²) >= 11 is 0. The van der Waals surface area contributed by atoms with Crippen molar-refractivity contribution < 1.29 is 14.5 Å². The van der Waals surface area contributed by atoms with Gasteiger partial charge in [0.05, 0.1) is 18.1 Å². The molecule has 0 saturated carbocycles. The molecular formula is C12H17N3O4. The number of hydrogen-bond acceptors (Lipinski definition) is 5. The molecule has 0 fully saturated rings. The van der Waals surface area contributed by atoms with Gasteiger partial charge in [-0.05, 0) is 26.0 Å². The molecule has 0 unspecified atom stereocenters. The molecule has 0 spiro atoms. The van der Waals surface area contributed by atoms with Crippen LogP contribution in [0.25, 0.3) is 0 Å². The molecule has 1 amide bonds. The van der Waals surface area contributed by atoms with Crippen molar-refractivity contribution in [3.63, 3.8) is 0 Å². The molecule has 1 aromatic carbocycles. The van der Waals surface area contributed by atoms with E-state index in [0.29, 0.717) is 11.4 Å². The largest absolute Gasteiger partial charge is 0.496 e. The molecule has 0 aliphatic heterocycles. The van der Waals surface area contributed by atoms with Gasteiger partial charge in [-0.1, -0.05) is 0 Å². The number of benzene rings is 1. The van der Waals surface area contributed by atoms with Crippen LogP contribution < -0.4 is 15.8 Å². The smallest absolute Gasteiger partial charge is 0.296 e. The highest BCUT2D eigenvalue weighted by Crippen LogP contribution is 2.31. The van der Waals surface area contributed by atoms with Crippen LogP contribution in [0.15, 0.2) is 18.2 Å². The lowest BCUT2D eigenvalue weighted by atomic mass is 9.99. The summed E-state index contributed by atoms with van der Waals surface area (Å²) < 4.78 is 4.95. The molecule has 104 valence electrons. The number of nitro groups is 1. The van der Waals surface area contributed by atoms with Crippen molar-refractivity contribution in [3.05, 3.63) is 28.3 Å². The monoisotopic (exact) mass is 267 g/mol. The Hall–Kier alpha value is -2.31. The average Bonchev–Trinajstić information content (AvgIpc) is 2.26. The number of primary amides is 1. The van der Waals surface area contributed by atoms with Crippen LogP contribution in [0.2, 0.25) is 0 Å². The predicted molar refractivity (Wildman–Crippen MR) is 71.2 cm³/mol. The Morgan fingerprint density at radius 2 is 2.16 bits per heavy atom. The topological polar surface area (TPSA) is 107 Å². The Morgan fingerprint density at radius 1 is 1.53 bits per heavy atom. The van der Waals surface area contributed by atoms with E-state index in [9.17, 15) is 14.9 Å². The van der Waals surface area contributed by atoms with E-state index in [1.807, 2.05) is 0 Å². The normalized spacial score (nSPS) is 10.9. The second-order valence-electron chi connectivity index (χ2n) is 4.79. The van der Waals surface area contributed by atoms with Crippen LogP contribution in [0.1, 0.15) is 20.3 Å². The van der Waals surface area contributed by atoms with Crippen molar-refractivity contribution in [2.45, 2.75) is 25.8 Å². The van der Waals surface area contributed by atoms with Crippen LogP contribution in [-0.4, -0.2) is 23.5 Å². The molecule has 0 aliphatic rings. The summed E-state index contributed by atoms with van der Waals surface area (Å²) in [4.78, 5) is 21.5. The lowest BCUT2D eigenvalue weighted by molar-refractivity contribution is -0.384. The third kappa shape index (κ3) is 4.13. The van der Waals surface area contributed by atoms with Gasteiger partial charge in [0, 0.05) is 12.0 Å². The first-order valence-electron chi connectivity index (χ1n) is 5.64. The summed E-state index contributed by atoms with van der Waals surface area (Å²) in [5, 5.41) is 14.0. The third-order valence-corrected chi connectivity index (χ3v) is 2.49. The fourth-order valence-corrected chi connectivity index (χ4v) is 1.74. The minimum absolute atomic E-state index is 0.0657. The number of nitrogens with zero attached hydrogens (tertiary/aromatic N) is 1. The predicted octanol–water partition coefficient (Wildman–Crippen LogP) is 1.67. The molecule has 1 rings (SSSR count). The van der Waals surface area contributed by atoms with E-state index >= 15 is 0 Å². The zero-order valence-electron chi connectivity index (χ0n) is 11.1. The number of carbonyl (C=O) groups excluding carboxylic acids is 1. The van der Waals surface area contributed by atoms with Gasteiger partial charge in [0.2, 0.25) is 5.91 Å². The highest BCUT2D eigenvalue weighted by atomic mass is 16.6. The Balaban J connectivity index is 3.06. The van der Waals surface area contributed by atoms with E-state index in [2.05, 4.69) is 5.32 Å². The maximum atomic E-state index is 11.0. The van der Waals surface area contributed by atoms with Crippen LogP contribution in [-0.2, 0) is 4.79 Å². The highest BCUT2D eigenvalue weighted by molar-refractivity contribution is 5.76. The highest BCUT2D eigenvalue weighted by Gasteiger charge is 2.24. The second kappa shape index (κ2) is 5.55. The number of nitrogens with one attached hydrogen (secondary N) is 1. The number of nitro benzene ring substituents is 1. The molecular weight excluding hydrogens is 250 g/mol. The van der Waals surface area contributed by atoms with Crippen molar-refractivity contribution in [2.75, 3.05) is 12.4 Å². The van der Waals surface area contributed by atoms with Gasteiger partial charge in [-0.25, -0.2) is 0 Å². The molecule has 0 aromatic heterocycles. The molecule has 0 radical (unpaired) electrons. The van der Waals surface area contributed by atoms with Gasteiger partial charge in [-0.3, -0.25) is 14.9 Å². The van der Waals surface area contributed by atoms with E-state index in [4.69, 9.17) is 10.5 Å². The van der Waals surface area contributed by atoms with Gasteiger partial charge in [-0.15, -0.1) is 0 Å². The van der Waals surface area contributed by atoms with Crippen molar-refractivity contribution in [1.29, 1.82) is 0 Å². The number of anilines is 1. The summed E-state index contributed by atoms with van der Waals surface area (Å²) in [7, 11) is 1.43. The summed E-state index contributed by atoms with van der Waals surface area (Å²) in [6.07, 6.45) is 0.0657. The number of ether oxygens (including phenoxy) is 1. The standard InChI is InChI=1S/C12H17N3O4/c1-12(2,7-11(13)16)14-9-5-4-8(19-3)6-10(9)15(17)18/h4-6,14H,7H2,1-3H3,(H2,13,16). The minimum Gasteiger partial charge on any atom is -0.496 e. The third-order valence-electron chi connectivity index (χ3n) is 2.49. The molecule has 7 nitrogen and oxygen atoms in total. The quantitative estimate of drug-likeness (QED) is 0.602. The first-order chi connectivity index (χ1) is 8.75. The minimum atomic E-state index is -0.675. The van der Waals surface area contributed by atoms with Crippen LogP contribution in [0.4, 0.5) is 11.4 Å². The number of rotatable bonds is 6. The number of hydrogen-bond donors (Lipinski definition) is 2. The van der Waals surface area contributed by atoms with Gasteiger partial charge in [0.1, 0.15) is 11.4 Å². The summed E-state index contributed by atoms with van der Waals surface area (Å²) in [5.41, 5.74) is 4.67. The summed E-state index contributed by atoms with van der Waals surface area (Å²) in [6.45, 7) is 3.48. The second-order valence-corrected chi connectivity index (χ2v) is 4.79. The molecule has 0 heterocycles. The zero-order valence-corrected chi connectivity index (χ0v) is 11.1. The Morgan fingerprint density at radius 3 is 2.63 bits per heavy atom. The number of nitrogens with two attached hydrogens (primary N) is 1. The first kappa shape index (κ1) is 14.7. The molecule has 0 aliphatic carbocycles. The Bertz CT molecular complexity index is 500. The zero-order chi connectivity index (χ0) is 14.6. The summed E-state index contributed by atoms with van der Waals surface area (Å²) in [5.74, 6) is -0.0846. The summed E-state index contributed by atoms with van der Waals surface area (Å²) in [6, 6.07) is 4.47. The first-order valence-corrected chi connectivity index (χ1v) is 5.64. The van der Waals surface area contributed by atoms with Gasteiger partial charge >= 0.3 is 0 Å². The maximum absolute atomic E-state index is 11.0. The van der Waals surface area contributed by atoms with Gasteiger partial charge < -0.3 is 15.8 Å². The van der Waals surface area contributed by atoms with E-state index in [1.165, 1.54) is 13.2 Å². The van der Waals surface area contributed by atoms with Crippen LogP contribution in [0.5, 0.6) is 5.75 Å². The van der Waals surface area contributed by atoms with E-state index in [-0.39, 0.29) is 12.1 Å². The Kier molecular flexibility index (Phi) is 4.31. The van der Waals surface area contributed by atoms with E-state index in [0.717, 1.165) is 0 Å². The molecule has 7 heteroatoms. The lowest BCUT2D eigenvalue weighted by Crippen LogP contribution is -2.36. The Labute approximate surface area is 110 Å². The van der Waals surface area contributed by atoms with Crippen LogP contribution >= 0.6 is 0 Å². The molecule has 3 N–H and O–H groups in total. The van der Waals surface area contributed by atoms with Crippen LogP contribution in [0.3, 0.4) is 0 Å². The van der Waals surface area contributed by atoms with E-state index < -0.39 is 16.4 Å². The van der Waals surface area contributed by atoms with Crippen molar-refractivity contribution in [1.82, 2.24) is 0 Å². The van der Waals surface area contributed by atoms with Gasteiger partial charge in [0.15, 0.2) is 0 Å². The molecule has 0 atom stereocenters. The number of amides is 1. The fourth-order valence-electron chi connectivity index (χ4n) is 1.74. The maximum Gasteiger partial charge on any atom is 0.296 e. The van der Waals surface area contributed by atoms with Crippen molar-refractivity contribution in [3.8, 4) is 5.75 Å². The van der Waals surface area contributed by atoms with Crippen molar-refractivity contribution in [2.24, 2.45) is 5.73 Å². The number of methoxy groups -OCH3 is 1. The van der Waals surface area contributed by atoms with Gasteiger partial charge in [-0.2, -0.15) is 0 Å².